The minimum absolute atomic E-state index is 0.435. The van der Waals surface area contributed by atoms with Crippen LogP contribution in [0.3, 0.4) is 0 Å². The summed E-state index contributed by atoms with van der Waals surface area (Å²) in [6, 6.07) is 9.17. The van der Waals surface area contributed by atoms with Gasteiger partial charge in [-0.2, -0.15) is 0 Å². The Morgan fingerprint density at radius 1 is 1.21 bits per heavy atom. The molecule has 0 bridgehead atoms. The van der Waals surface area contributed by atoms with E-state index in [1.165, 1.54) is 11.8 Å². The Morgan fingerprint density at radius 3 is 2.21 bits per heavy atom. The van der Waals surface area contributed by atoms with Gasteiger partial charge in [-0.15, -0.1) is 0 Å². The van der Waals surface area contributed by atoms with Crippen LogP contribution in [0.4, 0.5) is 5.69 Å². The van der Waals surface area contributed by atoms with Gasteiger partial charge in [0.1, 0.15) is 0 Å². The van der Waals surface area contributed by atoms with Crippen LogP contribution in [0.25, 0.3) is 0 Å². The van der Waals surface area contributed by atoms with Gasteiger partial charge in [-0.3, -0.25) is 9.59 Å². The van der Waals surface area contributed by atoms with E-state index in [0.717, 1.165) is 5.69 Å². The van der Waals surface area contributed by atoms with Crippen molar-refractivity contribution in [3.63, 3.8) is 0 Å². The van der Waals surface area contributed by atoms with Crippen molar-refractivity contribution in [2.75, 3.05) is 11.4 Å². The molecule has 0 aromatic heterocycles. The van der Waals surface area contributed by atoms with Crippen LogP contribution in [0, 0.1) is 0 Å². The van der Waals surface area contributed by atoms with Crippen LogP contribution in [0.2, 0.25) is 0 Å². The minimum Gasteiger partial charge on any atom is -0.306 e. The molecule has 0 unspecified atom stereocenters. The van der Waals surface area contributed by atoms with Crippen molar-refractivity contribution in [1.82, 2.24) is 0 Å². The molecule has 0 aliphatic rings. The van der Waals surface area contributed by atoms with Crippen molar-refractivity contribution >= 4 is 17.4 Å². The Balaban J connectivity index is 2.93. The monoisotopic (exact) mass is 191 g/mol. The quantitative estimate of drug-likeness (QED) is 0.681. The summed E-state index contributed by atoms with van der Waals surface area (Å²) in [6.45, 7) is 3.63. The normalized spacial score (nSPS) is 9.57. The van der Waals surface area contributed by atoms with Crippen molar-refractivity contribution in [3.8, 4) is 0 Å². The molecule has 0 saturated carbocycles. The number of carbonyl (C=O) groups excluding carboxylic acids is 2. The zero-order valence-corrected chi connectivity index (χ0v) is 8.36. The lowest BCUT2D eigenvalue weighted by molar-refractivity contribution is -0.135. The van der Waals surface area contributed by atoms with E-state index >= 15 is 0 Å². The Labute approximate surface area is 83.3 Å². The molecule has 0 atom stereocenters. The number of amides is 1. The SMILES string of the molecule is CCN(C(=O)C(C)=O)c1ccccc1. The Bertz CT molecular complexity index is 332. The van der Waals surface area contributed by atoms with Gasteiger partial charge in [-0.05, 0) is 19.1 Å². The van der Waals surface area contributed by atoms with Gasteiger partial charge in [0.25, 0.3) is 5.91 Å². The van der Waals surface area contributed by atoms with E-state index in [4.69, 9.17) is 0 Å². The van der Waals surface area contributed by atoms with Gasteiger partial charge in [0.15, 0.2) is 0 Å². The molecule has 0 spiro atoms. The number of hydrogen-bond acceptors (Lipinski definition) is 2. The lowest BCUT2D eigenvalue weighted by Crippen LogP contribution is -2.35. The van der Waals surface area contributed by atoms with E-state index in [2.05, 4.69) is 0 Å². The number of benzene rings is 1. The fourth-order valence-corrected chi connectivity index (χ4v) is 1.24. The molecule has 74 valence electrons. The number of Topliss-reactive ketones (excluding diaryl/α,β-unsaturated/α-hetero) is 1. The molecule has 1 amide bonds. The summed E-state index contributed by atoms with van der Waals surface area (Å²) in [5.74, 6) is -0.894. The van der Waals surface area contributed by atoms with Crippen LogP contribution in [0.5, 0.6) is 0 Å². The first-order valence-corrected chi connectivity index (χ1v) is 4.54. The van der Waals surface area contributed by atoms with E-state index in [1.807, 2.05) is 37.3 Å². The van der Waals surface area contributed by atoms with E-state index in [1.54, 1.807) is 0 Å². The summed E-state index contributed by atoms with van der Waals surface area (Å²) in [7, 11) is 0. The number of carbonyl (C=O) groups is 2. The van der Waals surface area contributed by atoms with Crippen molar-refractivity contribution in [2.45, 2.75) is 13.8 Å². The molecule has 0 fully saturated rings. The Hall–Kier alpha value is -1.64. The summed E-state index contributed by atoms with van der Waals surface area (Å²) in [6.07, 6.45) is 0. The van der Waals surface area contributed by atoms with E-state index < -0.39 is 11.7 Å². The van der Waals surface area contributed by atoms with Crippen LogP contribution in [-0.2, 0) is 9.59 Å². The number of likely N-dealkylation sites (N-methyl/N-ethyl adjacent to an activating group) is 1. The van der Waals surface area contributed by atoms with Gasteiger partial charge in [0.2, 0.25) is 5.78 Å². The van der Waals surface area contributed by atoms with Gasteiger partial charge in [-0.25, -0.2) is 0 Å². The highest BCUT2D eigenvalue weighted by Gasteiger charge is 2.17. The summed E-state index contributed by atoms with van der Waals surface area (Å²) in [5, 5.41) is 0. The molecule has 0 aliphatic carbocycles. The number of ketones is 1. The highest BCUT2D eigenvalue weighted by atomic mass is 16.2. The van der Waals surface area contributed by atoms with Crippen LogP contribution < -0.4 is 4.90 Å². The first-order valence-electron chi connectivity index (χ1n) is 4.54. The third-order valence-corrected chi connectivity index (χ3v) is 1.93. The second-order valence-corrected chi connectivity index (χ2v) is 2.94. The van der Waals surface area contributed by atoms with Gasteiger partial charge >= 0.3 is 0 Å². The number of anilines is 1. The molecular formula is C11H13NO2. The van der Waals surface area contributed by atoms with Crippen LogP contribution in [-0.4, -0.2) is 18.2 Å². The third kappa shape index (κ3) is 2.19. The van der Waals surface area contributed by atoms with Gasteiger partial charge < -0.3 is 4.90 Å². The molecule has 0 heterocycles. The molecule has 0 N–H and O–H groups in total. The van der Waals surface area contributed by atoms with E-state index in [0.29, 0.717) is 6.54 Å². The average molecular weight is 191 g/mol. The van der Waals surface area contributed by atoms with Gasteiger partial charge in [-0.1, -0.05) is 18.2 Å². The largest absolute Gasteiger partial charge is 0.306 e. The molecular weight excluding hydrogens is 178 g/mol. The predicted molar refractivity (Wildman–Crippen MR) is 55.2 cm³/mol. The second kappa shape index (κ2) is 4.56. The highest BCUT2D eigenvalue weighted by molar-refractivity contribution is 6.40. The summed E-state index contributed by atoms with van der Waals surface area (Å²) in [5.41, 5.74) is 0.759. The number of rotatable bonds is 3. The van der Waals surface area contributed by atoms with Crippen LogP contribution in [0.1, 0.15) is 13.8 Å². The number of para-hydroxylation sites is 1. The van der Waals surface area contributed by atoms with Gasteiger partial charge in [0, 0.05) is 19.2 Å². The number of hydrogen-bond donors (Lipinski definition) is 0. The van der Waals surface area contributed by atoms with E-state index in [9.17, 15) is 9.59 Å². The standard InChI is InChI=1S/C11H13NO2/c1-3-12(11(14)9(2)13)10-7-5-4-6-8-10/h4-8H,3H2,1-2H3. The zero-order chi connectivity index (χ0) is 10.6. The average Bonchev–Trinajstić information content (AvgIpc) is 2.20. The molecule has 3 nitrogen and oxygen atoms in total. The molecule has 1 rings (SSSR count). The lowest BCUT2D eigenvalue weighted by Gasteiger charge is -2.19. The van der Waals surface area contributed by atoms with Crippen molar-refractivity contribution < 1.29 is 9.59 Å². The Morgan fingerprint density at radius 2 is 1.79 bits per heavy atom. The second-order valence-electron chi connectivity index (χ2n) is 2.94. The van der Waals surface area contributed by atoms with Crippen molar-refractivity contribution in [1.29, 1.82) is 0 Å². The maximum atomic E-state index is 11.5. The molecule has 1 aromatic rings. The van der Waals surface area contributed by atoms with E-state index in [-0.39, 0.29) is 0 Å². The summed E-state index contributed by atoms with van der Waals surface area (Å²) < 4.78 is 0. The third-order valence-electron chi connectivity index (χ3n) is 1.93. The maximum Gasteiger partial charge on any atom is 0.294 e. The maximum absolute atomic E-state index is 11.5. The first kappa shape index (κ1) is 10.4. The fourth-order valence-electron chi connectivity index (χ4n) is 1.24. The van der Waals surface area contributed by atoms with Crippen LogP contribution >= 0.6 is 0 Å². The number of nitrogens with zero attached hydrogens (tertiary/aromatic N) is 1. The highest BCUT2D eigenvalue weighted by Crippen LogP contribution is 2.12. The van der Waals surface area contributed by atoms with Crippen LogP contribution in [0.15, 0.2) is 30.3 Å². The topological polar surface area (TPSA) is 37.4 Å². The van der Waals surface area contributed by atoms with Crippen molar-refractivity contribution in [2.24, 2.45) is 0 Å². The predicted octanol–water partition coefficient (Wildman–Crippen LogP) is 1.63. The lowest BCUT2D eigenvalue weighted by atomic mass is 10.2. The molecule has 0 aliphatic heterocycles. The van der Waals surface area contributed by atoms with Crippen molar-refractivity contribution in [3.05, 3.63) is 30.3 Å². The molecule has 1 aromatic carbocycles. The molecule has 0 saturated heterocycles. The summed E-state index contributed by atoms with van der Waals surface area (Å²) in [4.78, 5) is 23.8. The molecule has 3 heteroatoms. The van der Waals surface area contributed by atoms with Gasteiger partial charge in [0.05, 0.1) is 0 Å². The Kier molecular flexibility index (Phi) is 3.40. The fraction of sp³-hybridized carbons (Fsp3) is 0.273. The molecule has 0 radical (unpaired) electrons. The zero-order valence-electron chi connectivity index (χ0n) is 8.36. The minimum atomic E-state index is -0.460. The summed E-state index contributed by atoms with van der Waals surface area (Å²) >= 11 is 0. The molecule has 14 heavy (non-hydrogen) atoms. The smallest absolute Gasteiger partial charge is 0.294 e. The first-order chi connectivity index (χ1) is 6.66.